The second-order valence-electron chi connectivity index (χ2n) is 26.3. The molecule has 616 valence electrons. The number of nitrogens with two attached hydrogens (primary N) is 8. The molecule has 43 nitrogen and oxygen atoms in total. The van der Waals surface area contributed by atoms with Crippen molar-refractivity contribution in [3.63, 3.8) is 0 Å². The molecule has 0 heterocycles. The minimum absolute atomic E-state index is 0.0278. The highest BCUT2D eigenvalue weighted by atomic mass is 16.4. The number of guanidine groups is 3. The van der Waals surface area contributed by atoms with Crippen molar-refractivity contribution in [2.24, 2.45) is 66.8 Å². The second-order valence-corrected chi connectivity index (χ2v) is 26.3. The molecule has 0 saturated heterocycles. The molecule has 32 N–H and O–H groups in total. The summed E-state index contributed by atoms with van der Waals surface area (Å²) in [4.78, 5) is 227. The molecule has 1 saturated carbocycles. The van der Waals surface area contributed by atoms with Gasteiger partial charge in [0.25, 0.3) is 0 Å². The van der Waals surface area contributed by atoms with E-state index < -0.39 is 206 Å². The minimum atomic E-state index is -1.89. The van der Waals surface area contributed by atoms with Crippen LogP contribution < -0.4 is 110 Å². The summed E-state index contributed by atoms with van der Waals surface area (Å²) in [5.74, 6) is -20.6. The van der Waals surface area contributed by atoms with Gasteiger partial charge in [-0.15, -0.1) is 0 Å². The summed E-state index contributed by atoms with van der Waals surface area (Å²) >= 11 is 0. The lowest BCUT2D eigenvalue weighted by atomic mass is 9.81. The van der Waals surface area contributed by atoms with Gasteiger partial charge in [0.15, 0.2) is 17.9 Å². The summed E-state index contributed by atoms with van der Waals surface area (Å²) in [7, 11) is 0. The van der Waals surface area contributed by atoms with Crippen molar-refractivity contribution < 1.29 is 97.1 Å². The number of carbonyl (C=O) groups excluding carboxylic acids is 12. The first-order chi connectivity index (χ1) is 53.5. The van der Waals surface area contributed by atoms with Crippen LogP contribution in [0.4, 0.5) is 0 Å². The zero-order valence-corrected chi connectivity index (χ0v) is 61.7. The molecule has 43 heteroatoms. The molecule has 0 bridgehead atoms. The number of rotatable bonds is 49. The van der Waals surface area contributed by atoms with Crippen molar-refractivity contribution in [2.45, 2.75) is 163 Å². The molecular formula is C70H101N23O20. The third-order valence-electron chi connectivity index (χ3n) is 17.0. The topological polar surface area (TPSA) is 744 Å². The van der Waals surface area contributed by atoms with Crippen LogP contribution >= 0.6 is 0 Å². The van der Waals surface area contributed by atoms with Crippen molar-refractivity contribution in [2.75, 3.05) is 39.3 Å². The number of benzene rings is 3. The molecule has 113 heavy (non-hydrogen) atoms. The molecule has 1 fully saturated rings. The largest absolute Gasteiger partial charge is 0.481 e. The first kappa shape index (κ1) is 92.3. The Hall–Kier alpha value is -13.1. The molecule has 1 aliphatic rings. The molecular weight excluding hydrogens is 1480 g/mol. The lowest BCUT2D eigenvalue weighted by Gasteiger charge is -2.37. The van der Waals surface area contributed by atoms with Gasteiger partial charge < -0.3 is 130 Å². The predicted octanol–water partition coefficient (Wildman–Crippen LogP) is -8.45. The maximum atomic E-state index is 15.0. The third-order valence-corrected chi connectivity index (χ3v) is 17.0. The number of amides is 12. The standard InChI is InChI=1S/C70H101N23O20/c71-43(19-10-22-79-68(73)74)59(104)82-34-52(94)87-48(31-55(97)98)64(109)91-46(25-37-13-4-1-5-14-37)62(107)85-41-28-40(58(103)90-45(21-12-24-81-70(77)78)61(106)84-36-54(96)89-50(33-57(101)102)66(111)93-51(67(112)113)27-39-17-8-3-9-18-39)29-42(30-41)86-63(108)47(26-38-15-6-2-7-16-38)92-65(110)49(32-56(99)100)88-53(95)35-83-60(105)44(72)20-11-23-80-69(75)76/h1-9,13-18,40-51H,10-12,19-36,71-72H2,(H,82,104)(H,83,105)(H,84,106)(H,85,107)(H,86,108)(H,87,94)(H,88,95)(H,89,96)(H,90,103)(H,91,109)(H,92,110)(H,93,111)(H,97,98)(H,99,100)(H,101,102)(H,112,113)(H4,73,74,79)(H4,75,76,80)(H4,77,78,81)/t40?,41?,42?,43-,44+,45-,46-,47+,48-,49+,50-,51-/m0/s1. The molecule has 0 radical (unpaired) electrons. The lowest BCUT2D eigenvalue weighted by Crippen LogP contribution is -2.60. The van der Waals surface area contributed by atoms with Gasteiger partial charge in [-0.05, 0) is 74.5 Å². The van der Waals surface area contributed by atoms with E-state index in [9.17, 15) is 97.1 Å². The molecule has 0 aromatic heterocycles. The summed E-state index contributed by atoms with van der Waals surface area (Å²) in [6.07, 6.45) is -4.43. The van der Waals surface area contributed by atoms with Crippen molar-refractivity contribution >= 4 is 113 Å². The van der Waals surface area contributed by atoms with Crippen LogP contribution in [0.25, 0.3) is 0 Å². The quantitative estimate of drug-likeness (QED) is 0.0142. The summed E-state index contributed by atoms with van der Waals surface area (Å²) in [5, 5.41) is 68.5. The van der Waals surface area contributed by atoms with E-state index in [4.69, 9.17) is 45.9 Å². The molecule has 0 spiro atoms. The number of nitrogens with one attached hydrogen (secondary N) is 12. The third kappa shape index (κ3) is 36.8. The van der Waals surface area contributed by atoms with Gasteiger partial charge in [0.05, 0.1) is 51.0 Å². The average molecular weight is 1580 g/mol. The van der Waals surface area contributed by atoms with E-state index in [1.54, 1.807) is 91.0 Å². The summed E-state index contributed by atoms with van der Waals surface area (Å²) in [5.41, 5.74) is 45.7. The van der Waals surface area contributed by atoms with Crippen molar-refractivity contribution in [1.82, 2.24) is 63.8 Å². The Bertz CT molecular complexity index is 3700. The Labute approximate surface area is 647 Å². The fourth-order valence-electron chi connectivity index (χ4n) is 11.5. The number of hydrogen-bond donors (Lipinski definition) is 24. The molecule has 12 amide bonds. The van der Waals surface area contributed by atoms with Crippen molar-refractivity contribution in [3.8, 4) is 0 Å². The number of hydrogen-bond acceptors (Lipinski definition) is 21. The van der Waals surface area contributed by atoms with Gasteiger partial charge in [0, 0.05) is 56.9 Å². The van der Waals surface area contributed by atoms with Crippen LogP contribution in [0.5, 0.6) is 0 Å². The van der Waals surface area contributed by atoms with Gasteiger partial charge in [0.2, 0.25) is 70.9 Å². The zero-order valence-electron chi connectivity index (χ0n) is 61.7. The zero-order chi connectivity index (χ0) is 83.7. The van der Waals surface area contributed by atoms with Crippen LogP contribution in [0.2, 0.25) is 0 Å². The summed E-state index contributed by atoms with van der Waals surface area (Å²) < 4.78 is 0. The van der Waals surface area contributed by atoms with E-state index in [0.29, 0.717) is 16.7 Å². The monoisotopic (exact) mass is 1580 g/mol. The molecule has 1 aliphatic carbocycles. The van der Waals surface area contributed by atoms with Gasteiger partial charge >= 0.3 is 23.9 Å². The Morgan fingerprint density at radius 2 is 0.664 bits per heavy atom. The van der Waals surface area contributed by atoms with Gasteiger partial charge in [-0.1, -0.05) is 91.0 Å². The Kier molecular flexibility index (Phi) is 39.6. The van der Waals surface area contributed by atoms with E-state index in [2.05, 4.69) is 78.8 Å². The van der Waals surface area contributed by atoms with E-state index in [0.717, 1.165) is 0 Å². The minimum Gasteiger partial charge on any atom is -0.481 e. The highest BCUT2D eigenvalue weighted by molar-refractivity contribution is 5.98. The Morgan fingerprint density at radius 3 is 0.982 bits per heavy atom. The van der Waals surface area contributed by atoms with E-state index in [1.807, 2.05) is 0 Å². The summed E-state index contributed by atoms with van der Waals surface area (Å²) in [6, 6.07) is 7.39. The number of carboxylic acid groups (broad SMARTS) is 4. The highest BCUT2D eigenvalue weighted by Gasteiger charge is 2.40. The molecule has 3 unspecified atom stereocenters. The Morgan fingerprint density at radius 1 is 0.354 bits per heavy atom. The lowest BCUT2D eigenvalue weighted by molar-refractivity contribution is -0.143. The smallest absolute Gasteiger partial charge is 0.326 e. The van der Waals surface area contributed by atoms with Crippen LogP contribution in [0.15, 0.2) is 106 Å². The summed E-state index contributed by atoms with van der Waals surface area (Å²) in [6.45, 7) is -2.37. The molecule has 3 aromatic rings. The van der Waals surface area contributed by atoms with Gasteiger partial charge in [-0.3, -0.25) is 86.9 Å². The van der Waals surface area contributed by atoms with Crippen molar-refractivity contribution in [1.29, 1.82) is 0 Å². The second kappa shape index (κ2) is 48.4. The van der Waals surface area contributed by atoms with Crippen molar-refractivity contribution in [3.05, 3.63) is 108 Å². The normalized spacial score (nSPS) is 15.9. The van der Waals surface area contributed by atoms with Gasteiger partial charge in [0.1, 0.15) is 42.3 Å². The van der Waals surface area contributed by atoms with Gasteiger partial charge in [-0.2, -0.15) is 0 Å². The molecule has 12 atom stereocenters. The number of nitrogens with zero attached hydrogens (tertiary/aromatic N) is 3. The van der Waals surface area contributed by atoms with E-state index >= 15 is 0 Å². The highest BCUT2D eigenvalue weighted by Crippen LogP contribution is 2.27. The number of aliphatic carboxylic acids is 4. The Balaban J connectivity index is 1.72. The van der Waals surface area contributed by atoms with Crippen LogP contribution in [-0.4, -0.2) is 239 Å². The van der Waals surface area contributed by atoms with E-state index in [-0.39, 0.29) is 115 Å². The molecule has 4 rings (SSSR count). The SMILES string of the molecule is NC(N)=NCCC[C@@H](N)C(=O)NCC(=O)N[C@H](CC(=O)O)C(=O)N[C@H](Cc1ccccc1)C(=O)NC1CC(NC(=O)[C@H](Cc2ccccc2)NC(=O)[C@H](CC(=O)O)NC(=O)CNC(=O)[C@@H](N)CCCN=C(N)N)CC(C(=O)N[C@@H](CCCN=C(N)N)C(=O)NCC(=O)N[C@@H](CC(=O)O)C(=O)N[C@@H](Cc2ccccc2)C(=O)O)C1. The maximum absolute atomic E-state index is 15.0. The first-order valence-electron chi connectivity index (χ1n) is 35.8. The molecule has 3 aromatic carbocycles. The fourth-order valence-corrected chi connectivity index (χ4v) is 11.5. The maximum Gasteiger partial charge on any atom is 0.326 e. The van der Waals surface area contributed by atoms with Crippen LogP contribution in [0.3, 0.4) is 0 Å². The number of carboxylic acids is 4. The van der Waals surface area contributed by atoms with Gasteiger partial charge in [-0.25, -0.2) is 4.79 Å². The number of aliphatic imine (C=N–C) groups is 3. The van der Waals surface area contributed by atoms with Crippen LogP contribution in [0, 0.1) is 5.92 Å². The average Bonchev–Trinajstić information content (AvgIpc) is 0.820. The van der Waals surface area contributed by atoms with E-state index in [1.165, 1.54) is 0 Å². The molecule has 0 aliphatic heterocycles. The predicted molar refractivity (Wildman–Crippen MR) is 404 cm³/mol. The number of carbonyl (C=O) groups is 16. The van der Waals surface area contributed by atoms with Crippen LogP contribution in [-0.2, 0) is 96.0 Å². The fraction of sp³-hybridized carbons (Fsp3) is 0.471. The van der Waals surface area contributed by atoms with Crippen LogP contribution in [0.1, 0.15) is 93.7 Å². The first-order valence-corrected chi connectivity index (χ1v) is 35.8.